The highest BCUT2D eigenvalue weighted by atomic mass is 32.2. The van der Waals surface area contributed by atoms with E-state index >= 15 is 0 Å². The Balaban J connectivity index is 1.74. The van der Waals surface area contributed by atoms with Crippen LogP contribution in [0.4, 0.5) is 0 Å². The molecule has 0 bridgehead atoms. The first-order valence-electron chi connectivity index (χ1n) is 8.22. The van der Waals surface area contributed by atoms with Gasteiger partial charge < -0.3 is 4.90 Å². The van der Waals surface area contributed by atoms with E-state index in [9.17, 15) is 13.2 Å². The SMILES string of the molecule is Cc1ccc(S(=O)(=O)NCCCC(=O)N2CCC(C)CC2)cc1. The normalized spacial score (nSPS) is 16.5. The Hall–Kier alpha value is -1.40. The van der Waals surface area contributed by atoms with E-state index in [-0.39, 0.29) is 17.3 Å². The van der Waals surface area contributed by atoms with Crippen LogP contribution in [0.25, 0.3) is 0 Å². The van der Waals surface area contributed by atoms with E-state index in [0.29, 0.717) is 18.8 Å². The van der Waals surface area contributed by atoms with Crippen LogP contribution < -0.4 is 4.72 Å². The molecule has 23 heavy (non-hydrogen) atoms. The molecule has 0 atom stereocenters. The molecule has 0 radical (unpaired) electrons. The van der Waals surface area contributed by atoms with Crippen LogP contribution in [0, 0.1) is 12.8 Å². The topological polar surface area (TPSA) is 66.5 Å². The minimum atomic E-state index is -3.48. The summed E-state index contributed by atoms with van der Waals surface area (Å²) < 4.78 is 26.8. The fraction of sp³-hybridized carbons (Fsp3) is 0.588. The second-order valence-electron chi connectivity index (χ2n) is 6.38. The Morgan fingerprint density at radius 3 is 2.43 bits per heavy atom. The maximum absolute atomic E-state index is 12.1. The van der Waals surface area contributed by atoms with Crippen molar-refractivity contribution in [2.45, 2.75) is 44.4 Å². The first kappa shape index (κ1) is 17.9. The summed E-state index contributed by atoms with van der Waals surface area (Å²) in [6.07, 6.45) is 3.04. The molecular formula is C17H26N2O3S. The van der Waals surface area contributed by atoms with Crippen LogP contribution >= 0.6 is 0 Å². The van der Waals surface area contributed by atoms with Crippen LogP contribution in [0.2, 0.25) is 0 Å². The molecule has 1 heterocycles. The Labute approximate surface area is 139 Å². The number of rotatable bonds is 6. The fourth-order valence-corrected chi connectivity index (χ4v) is 3.74. The average Bonchev–Trinajstić information content (AvgIpc) is 2.52. The molecular weight excluding hydrogens is 312 g/mol. The third-order valence-electron chi connectivity index (χ3n) is 4.33. The Morgan fingerprint density at radius 2 is 1.83 bits per heavy atom. The molecule has 2 rings (SSSR count). The van der Waals surface area contributed by atoms with Crippen LogP contribution in [0.3, 0.4) is 0 Å². The third kappa shape index (κ3) is 5.32. The quantitative estimate of drug-likeness (QED) is 0.810. The summed E-state index contributed by atoms with van der Waals surface area (Å²) in [6.45, 7) is 6.06. The van der Waals surface area contributed by atoms with Crippen LogP contribution in [0.1, 0.15) is 38.2 Å². The van der Waals surface area contributed by atoms with Crippen molar-refractivity contribution in [1.29, 1.82) is 0 Å². The van der Waals surface area contributed by atoms with Crippen molar-refractivity contribution < 1.29 is 13.2 Å². The molecule has 1 fully saturated rings. The van der Waals surface area contributed by atoms with Gasteiger partial charge in [0, 0.05) is 26.1 Å². The number of benzene rings is 1. The molecule has 0 spiro atoms. The van der Waals surface area contributed by atoms with Gasteiger partial charge in [-0.05, 0) is 44.2 Å². The lowest BCUT2D eigenvalue weighted by Gasteiger charge is -2.30. The van der Waals surface area contributed by atoms with Crippen molar-refractivity contribution >= 4 is 15.9 Å². The maximum Gasteiger partial charge on any atom is 0.240 e. The van der Waals surface area contributed by atoms with Gasteiger partial charge in [-0.2, -0.15) is 0 Å². The number of carbonyl (C=O) groups is 1. The Kier molecular flexibility index (Phi) is 6.18. The van der Waals surface area contributed by atoms with Crippen LogP contribution in [0.5, 0.6) is 0 Å². The second kappa shape index (κ2) is 7.93. The Morgan fingerprint density at radius 1 is 1.22 bits per heavy atom. The van der Waals surface area contributed by atoms with E-state index in [1.165, 1.54) is 0 Å². The molecule has 0 unspecified atom stereocenters. The smallest absolute Gasteiger partial charge is 0.240 e. The second-order valence-corrected chi connectivity index (χ2v) is 8.14. The number of carbonyl (C=O) groups excluding carboxylic acids is 1. The molecule has 0 aromatic heterocycles. The van der Waals surface area contributed by atoms with Crippen molar-refractivity contribution in [3.63, 3.8) is 0 Å². The zero-order valence-corrected chi connectivity index (χ0v) is 14.7. The van der Waals surface area contributed by atoms with Gasteiger partial charge in [0.25, 0.3) is 0 Å². The number of nitrogens with zero attached hydrogens (tertiary/aromatic N) is 1. The number of piperidine rings is 1. The summed E-state index contributed by atoms with van der Waals surface area (Å²) in [7, 11) is -3.48. The van der Waals surface area contributed by atoms with Crippen molar-refractivity contribution in [2.24, 2.45) is 5.92 Å². The highest BCUT2D eigenvalue weighted by Gasteiger charge is 2.20. The lowest BCUT2D eigenvalue weighted by Crippen LogP contribution is -2.38. The number of amides is 1. The minimum Gasteiger partial charge on any atom is -0.343 e. The number of hydrogen-bond acceptors (Lipinski definition) is 3. The van der Waals surface area contributed by atoms with E-state index in [4.69, 9.17) is 0 Å². The number of nitrogens with one attached hydrogen (secondary N) is 1. The lowest BCUT2D eigenvalue weighted by molar-refractivity contribution is -0.132. The highest BCUT2D eigenvalue weighted by molar-refractivity contribution is 7.89. The average molecular weight is 338 g/mol. The van der Waals surface area contributed by atoms with Gasteiger partial charge in [0.05, 0.1) is 4.90 Å². The Bertz CT molecular complexity index is 618. The molecule has 1 amide bonds. The molecule has 1 N–H and O–H groups in total. The van der Waals surface area contributed by atoms with Gasteiger partial charge in [-0.25, -0.2) is 13.1 Å². The van der Waals surface area contributed by atoms with Crippen LogP contribution in [0.15, 0.2) is 29.2 Å². The zero-order valence-electron chi connectivity index (χ0n) is 13.9. The predicted molar refractivity (Wildman–Crippen MR) is 90.6 cm³/mol. The van der Waals surface area contributed by atoms with Gasteiger partial charge in [-0.15, -0.1) is 0 Å². The van der Waals surface area contributed by atoms with Gasteiger partial charge in [0.2, 0.25) is 15.9 Å². The first-order valence-corrected chi connectivity index (χ1v) is 9.71. The zero-order chi connectivity index (χ0) is 16.9. The van der Waals surface area contributed by atoms with E-state index in [0.717, 1.165) is 31.5 Å². The van der Waals surface area contributed by atoms with Crippen molar-refractivity contribution in [3.05, 3.63) is 29.8 Å². The van der Waals surface area contributed by atoms with Gasteiger partial charge in [-0.1, -0.05) is 24.6 Å². The summed E-state index contributed by atoms with van der Waals surface area (Å²) in [5.41, 5.74) is 1.02. The third-order valence-corrected chi connectivity index (χ3v) is 5.80. The molecule has 1 aliphatic rings. The fourth-order valence-electron chi connectivity index (χ4n) is 2.66. The largest absolute Gasteiger partial charge is 0.343 e. The summed E-state index contributed by atoms with van der Waals surface area (Å²) in [6, 6.07) is 6.74. The van der Waals surface area contributed by atoms with E-state index < -0.39 is 10.0 Å². The van der Waals surface area contributed by atoms with E-state index in [2.05, 4.69) is 11.6 Å². The van der Waals surface area contributed by atoms with E-state index in [1.54, 1.807) is 24.3 Å². The molecule has 0 aliphatic carbocycles. The predicted octanol–water partition coefficient (Wildman–Crippen LogP) is 2.31. The molecule has 5 nitrogen and oxygen atoms in total. The molecule has 1 aromatic rings. The van der Waals surface area contributed by atoms with Gasteiger partial charge >= 0.3 is 0 Å². The van der Waals surface area contributed by atoms with E-state index in [1.807, 2.05) is 11.8 Å². The molecule has 6 heteroatoms. The van der Waals surface area contributed by atoms with Crippen molar-refractivity contribution in [1.82, 2.24) is 9.62 Å². The minimum absolute atomic E-state index is 0.131. The molecule has 1 saturated heterocycles. The number of sulfonamides is 1. The summed E-state index contributed by atoms with van der Waals surface area (Å²) >= 11 is 0. The summed E-state index contributed by atoms with van der Waals surface area (Å²) in [4.78, 5) is 14.2. The summed E-state index contributed by atoms with van der Waals surface area (Å²) in [5, 5.41) is 0. The molecule has 0 saturated carbocycles. The number of hydrogen-bond donors (Lipinski definition) is 1. The lowest BCUT2D eigenvalue weighted by atomic mass is 9.99. The molecule has 1 aliphatic heterocycles. The maximum atomic E-state index is 12.1. The van der Waals surface area contributed by atoms with Gasteiger partial charge in [-0.3, -0.25) is 4.79 Å². The molecule has 1 aromatic carbocycles. The highest BCUT2D eigenvalue weighted by Crippen LogP contribution is 2.17. The summed E-state index contributed by atoms with van der Waals surface area (Å²) in [5.74, 6) is 0.826. The number of aryl methyl sites for hydroxylation is 1. The van der Waals surface area contributed by atoms with Gasteiger partial charge in [0.15, 0.2) is 0 Å². The monoisotopic (exact) mass is 338 g/mol. The van der Waals surface area contributed by atoms with Crippen LogP contribution in [-0.2, 0) is 14.8 Å². The number of likely N-dealkylation sites (tertiary alicyclic amines) is 1. The van der Waals surface area contributed by atoms with Crippen LogP contribution in [-0.4, -0.2) is 38.9 Å². The standard InChI is InChI=1S/C17H26N2O3S/c1-14-5-7-16(8-6-14)23(21,22)18-11-3-4-17(20)19-12-9-15(2)10-13-19/h5-8,15,18H,3-4,9-13H2,1-2H3. The molecule has 128 valence electrons. The van der Waals surface area contributed by atoms with Crippen molar-refractivity contribution in [2.75, 3.05) is 19.6 Å². The van der Waals surface area contributed by atoms with Crippen molar-refractivity contribution in [3.8, 4) is 0 Å². The van der Waals surface area contributed by atoms with Gasteiger partial charge in [0.1, 0.15) is 0 Å². The first-order chi connectivity index (χ1) is 10.9.